The van der Waals surface area contributed by atoms with Crippen LogP contribution < -0.4 is 20.7 Å². The van der Waals surface area contributed by atoms with E-state index in [1.165, 1.54) is 41.2 Å². The molecule has 0 unspecified atom stereocenters. The van der Waals surface area contributed by atoms with Crippen molar-refractivity contribution in [3.8, 4) is 22.7 Å². The zero-order valence-electron chi connectivity index (χ0n) is 27.5. The smallest absolute Gasteiger partial charge is 0.429 e. The van der Waals surface area contributed by atoms with Crippen LogP contribution >= 0.6 is 11.6 Å². The number of carbonyl (C=O) groups excluding carboxylic acids is 1. The number of aryl methyl sites for hydroxylation is 1. The van der Waals surface area contributed by atoms with Gasteiger partial charge in [0.15, 0.2) is 0 Å². The van der Waals surface area contributed by atoms with Gasteiger partial charge in [-0.2, -0.15) is 41.4 Å². The van der Waals surface area contributed by atoms with E-state index in [9.17, 15) is 31.1 Å². The van der Waals surface area contributed by atoms with Gasteiger partial charge in [-0.15, -0.1) is 0 Å². The molecule has 3 N–H and O–H groups in total. The van der Waals surface area contributed by atoms with Gasteiger partial charge in [-0.1, -0.05) is 29.8 Å². The largest absolute Gasteiger partial charge is 0.465 e. The normalized spacial score (nSPS) is 18.2. The van der Waals surface area contributed by atoms with Gasteiger partial charge >= 0.3 is 18.3 Å². The van der Waals surface area contributed by atoms with E-state index in [1.807, 2.05) is 4.90 Å². The van der Waals surface area contributed by atoms with Crippen LogP contribution in [0.4, 0.5) is 38.1 Å². The number of aromatic nitrogens is 4. The summed E-state index contributed by atoms with van der Waals surface area (Å²) in [5, 5.41) is 6.98. The fourth-order valence-corrected chi connectivity index (χ4v) is 6.90. The zero-order chi connectivity index (χ0) is 36.7. The summed E-state index contributed by atoms with van der Waals surface area (Å²) >= 11 is 5.94. The van der Waals surface area contributed by atoms with Crippen LogP contribution in [0.1, 0.15) is 49.1 Å². The Kier molecular flexibility index (Phi) is 9.85. The van der Waals surface area contributed by atoms with E-state index in [-0.39, 0.29) is 40.2 Å². The Morgan fingerprint density at radius 3 is 2.39 bits per heavy atom. The molecule has 0 aliphatic carbocycles. The Bertz CT molecular complexity index is 1910. The molecule has 2 fully saturated rings. The summed E-state index contributed by atoms with van der Waals surface area (Å²) in [5.41, 5.74) is 5.48. The number of nitrogen functional groups attached to an aromatic ring is 1. The Labute approximate surface area is 293 Å². The zero-order valence-corrected chi connectivity index (χ0v) is 28.2. The number of nitrogens with two attached hydrogens (primary N) is 1. The predicted octanol–water partition coefficient (Wildman–Crippen LogP) is 7.09. The second kappa shape index (κ2) is 13.9. The van der Waals surface area contributed by atoms with Gasteiger partial charge in [-0.3, -0.25) is 4.79 Å². The Morgan fingerprint density at radius 2 is 1.76 bits per heavy atom. The van der Waals surface area contributed by atoms with Crippen LogP contribution in [0.5, 0.6) is 5.88 Å². The number of piperidine rings is 1. The lowest BCUT2D eigenvalue weighted by Gasteiger charge is -2.39. The maximum atomic E-state index is 14.9. The Morgan fingerprint density at radius 1 is 1.06 bits per heavy atom. The molecule has 2 aliphatic heterocycles. The Balaban J connectivity index is 1.29. The molecule has 1 spiro atoms. The molecular weight excluding hydrogens is 704 g/mol. The molecule has 2 aromatic carbocycles. The molecule has 10 nitrogen and oxygen atoms in total. The fourth-order valence-electron chi connectivity index (χ4n) is 6.61. The maximum absolute atomic E-state index is 14.9. The highest BCUT2D eigenvalue weighted by Gasteiger charge is 2.46. The highest BCUT2D eigenvalue weighted by molar-refractivity contribution is 6.31. The third-order valence-electron chi connectivity index (χ3n) is 9.21. The second-order valence-corrected chi connectivity index (χ2v) is 13.1. The number of nitrogens with one attached hydrogen (secondary N) is 1. The first-order valence-electron chi connectivity index (χ1n) is 16.1. The highest BCUT2D eigenvalue weighted by Crippen LogP contribution is 2.43. The number of esters is 1. The molecule has 0 radical (unpaired) electrons. The van der Waals surface area contributed by atoms with Crippen molar-refractivity contribution in [2.45, 2.75) is 57.6 Å². The lowest BCUT2D eigenvalue weighted by Crippen LogP contribution is -2.41. The molecule has 51 heavy (non-hydrogen) atoms. The predicted molar refractivity (Wildman–Crippen MR) is 177 cm³/mol. The number of benzene rings is 2. The van der Waals surface area contributed by atoms with Gasteiger partial charge in [-0.25, -0.2) is 4.68 Å². The van der Waals surface area contributed by atoms with E-state index in [4.69, 9.17) is 26.8 Å². The lowest BCUT2D eigenvalue weighted by atomic mass is 9.76. The molecule has 4 heterocycles. The molecular formula is C34H34ClF6N7O3. The number of hydrogen-bond donors (Lipinski definition) is 2. The summed E-state index contributed by atoms with van der Waals surface area (Å²) in [5.74, 6) is -0.693. The quantitative estimate of drug-likeness (QED) is 0.144. The van der Waals surface area contributed by atoms with Crippen molar-refractivity contribution in [1.29, 1.82) is 0 Å². The minimum absolute atomic E-state index is 0.0335. The number of nitrogens with zero attached hydrogens (tertiary/aromatic N) is 5. The molecule has 17 heteroatoms. The first-order chi connectivity index (χ1) is 24.0. The molecule has 6 rings (SSSR count). The van der Waals surface area contributed by atoms with Crippen LogP contribution in [0.3, 0.4) is 0 Å². The van der Waals surface area contributed by atoms with Crippen molar-refractivity contribution < 1.29 is 40.6 Å². The molecule has 2 saturated heterocycles. The highest BCUT2D eigenvalue weighted by atomic mass is 35.5. The average molecular weight is 738 g/mol. The summed E-state index contributed by atoms with van der Waals surface area (Å²) in [6.07, 6.45) is -8.72. The van der Waals surface area contributed by atoms with Gasteiger partial charge in [-0.05, 0) is 73.9 Å². The summed E-state index contributed by atoms with van der Waals surface area (Å²) in [6.45, 7) is 5.35. The van der Waals surface area contributed by atoms with Gasteiger partial charge in [0.1, 0.15) is 11.9 Å². The van der Waals surface area contributed by atoms with Crippen LogP contribution in [0.15, 0.2) is 54.7 Å². The van der Waals surface area contributed by atoms with Crippen molar-refractivity contribution in [1.82, 2.24) is 25.1 Å². The fraction of sp³-hybridized carbons (Fsp3) is 0.412. The van der Waals surface area contributed by atoms with Gasteiger partial charge in [0.05, 0.1) is 28.6 Å². The molecule has 2 aromatic heterocycles. The minimum Gasteiger partial charge on any atom is -0.465 e. The van der Waals surface area contributed by atoms with Gasteiger partial charge in [0.25, 0.3) is 0 Å². The summed E-state index contributed by atoms with van der Waals surface area (Å²) in [7, 11) is 0. The van der Waals surface area contributed by atoms with Gasteiger partial charge < -0.3 is 25.4 Å². The van der Waals surface area contributed by atoms with Crippen molar-refractivity contribution in [2.75, 3.05) is 36.9 Å². The van der Waals surface area contributed by atoms with E-state index in [2.05, 4.69) is 20.4 Å². The molecule has 2 aliphatic rings. The number of carbonyl (C=O) groups is 1. The van der Waals surface area contributed by atoms with E-state index in [0.29, 0.717) is 62.6 Å². The first kappa shape index (κ1) is 36.2. The van der Waals surface area contributed by atoms with E-state index in [1.54, 1.807) is 19.9 Å². The second-order valence-electron chi connectivity index (χ2n) is 12.7. The number of ether oxygens (including phenoxy) is 2. The third-order valence-corrected chi connectivity index (χ3v) is 9.52. The molecule has 0 bridgehead atoms. The molecule has 0 saturated carbocycles. The van der Waals surface area contributed by atoms with Gasteiger partial charge in [0.2, 0.25) is 17.9 Å². The number of rotatable bonds is 8. The minimum atomic E-state index is -4.96. The average Bonchev–Trinajstić information content (AvgIpc) is 3.69. The molecule has 272 valence electrons. The maximum Gasteiger partial charge on any atom is 0.429 e. The van der Waals surface area contributed by atoms with Crippen molar-refractivity contribution in [3.63, 3.8) is 0 Å². The van der Waals surface area contributed by atoms with Crippen LogP contribution in [0.2, 0.25) is 5.02 Å². The summed E-state index contributed by atoms with van der Waals surface area (Å²) in [6, 6.07) is 9.50. The first-order valence-corrected chi connectivity index (χ1v) is 16.5. The number of alkyl halides is 6. The molecule has 0 amide bonds. The standard InChI is InChI=1S/C34H34ClF6N7O3/c1-3-50-30(49)25-17-32(18-43-25)9-12-47(13-10-32)27-16-28(45-31(42)44-27)51-29(34(39,40)41)22-6-4-21(15-26(22)48-11-8-19(2)46-48)20-5-7-23(24(35)14-20)33(36,37)38/h4-8,11,14-16,25,29,43H,3,9-10,12-13,17-18H2,1-2H3,(H2,42,44,45)/t25-,29+/m0/s1. The monoisotopic (exact) mass is 737 g/mol. The Hall–Kier alpha value is -4.57. The summed E-state index contributed by atoms with van der Waals surface area (Å²) < 4.78 is 96.6. The van der Waals surface area contributed by atoms with Crippen LogP contribution in [0, 0.1) is 12.3 Å². The van der Waals surface area contributed by atoms with E-state index >= 15 is 0 Å². The van der Waals surface area contributed by atoms with Crippen LogP contribution in [-0.2, 0) is 15.7 Å². The van der Waals surface area contributed by atoms with Crippen LogP contribution in [0.25, 0.3) is 16.8 Å². The van der Waals surface area contributed by atoms with E-state index in [0.717, 1.165) is 12.1 Å². The summed E-state index contributed by atoms with van der Waals surface area (Å²) in [4.78, 5) is 22.4. The molecule has 4 aromatic rings. The topological polar surface area (TPSA) is 120 Å². The number of anilines is 2. The van der Waals surface area contributed by atoms with Crippen molar-refractivity contribution in [2.24, 2.45) is 5.41 Å². The third kappa shape index (κ3) is 7.86. The van der Waals surface area contributed by atoms with Crippen molar-refractivity contribution in [3.05, 3.63) is 76.6 Å². The van der Waals surface area contributed by atoms with Gasteiger partial charge in [0, 0.05) is 37.5 Å². The SMILES string of the molecule is CCOC(=O)[C@@H]1CC2(CCN(c3cc(O[C@H](c4ccc(-c5ccc(C(F)(F)F)c(Cl)c5)cc4-n4ccc(C)n4)C(F)(F)F)nc(N)n3)CC2)CN1. The van der Waals surface area contributed by atoms with Crippen LogP contribution in [-0.4, -0.2) is 64.2 Å². The van der Waals surface area contributed by atoms with E-state index < -0.39 is 34.9 Å². The lowest BCUT2D eigenvalue weighted by molar-refractivity contribution is -0.198. The molecule has 2 atom stereocenters. The number of hydrogen-bond acceptors (Lipinski definition) is 9. The number of halogens is 7. The van der Waals surface area contributed by atoms with Crippen molar-refractivity contribution >= 4 is 29.3 Å².